The van der Waals surface area contributed by atoms with Crippen molar-refractivity contribution in [1.29, 1.82) is 0 Å². The van der Waals surface area contributed by atoms with Gasteiger partial charge in [0, 0.05) is 55.3 Å². The van der Waals surface area contributed by atoms with E-state index in [-0.39, 0.29) is 62.2 Å². The molecule has 1 aliphatic heterocycles. The number of amides is 11. The Labute approximate surface area is 564 Å². The number of hydrogen-bond acceptors (Lipinski definition) is 14. The smallest absolute Gasteiger partial charge is 0.277 e. The van der Waals surface area contributed by atoms with Crippen LogP contribution in [0.5, 0.6) is 0 Å². The molecule has 1 heterocycles. The summed E-state index contributed by atoms with van der Waals surface area (Å²) in [5.41, 5.74) is -2.29. The lowest BCUT2D eigenvalue weighted by Crippen LogP contribution is -2.71. The van der Waals surface area contributed by atoms with Crippen molar-refractivity contribution >= 4 is 65.0 Å². The average molecular weight is 1330 g/mol. The fraction of sp³-hybridized carbons (Fsp3) is 0.812. The van der Waals surface area contributed by atoms with Crippen LogP contribution < -0.4 is 26.6 Å². The zero-order valence-electron chi connectivity index (χ0n) is 62.3. The van der Waals surface area contributed by atoms with Gasteiger partial charge in [-0.25, -0.2) is 0 Å². The number of carbonyl (C=O) groups is 11. The number of hydrogen-bond donors (Lipinski definition) is 6. The molecule has 0 aromatic heterocycles. The van der Waals surface area contributed by atoms with Crippen LogP contribution in [0, 0.1) is 41.4 Å². The monoisotopic (exact) mass is 1330 g/mol. The molecule has 0 aliphatic carbocycles. The highest BCUT2D eigenvalue weighted by atomic mass is 16.5. The second-order valence-electron chi connectivity index (χ2n) is 28.6. The van der Waals surface area contributed by atoms with Gasteiger partial charge >= 0.3 is 0 Å². The largest absolute Gasteiger partial charge is 0.390 e. The van der Waals surface area contributed by atoms with Gasteiger partial charge in [-0.05, 0) is 115 Å². The predicted octanol–water partition coefficient (Wildman–Crippen LogP) is 4.74. The Balaban J connectivity index is 4.62. The highest BCUT2D eigenvalue weighted by Crippen LogP contribution is 2.34. The molecule has 540 valence electrons. The first-order chi connectivity index (χ1) is 43.5. The Morgan fingerprint density at radius 1 is 0.553 bits per heavy atom. The lowest BCUT2D eigenvalue weighted by molar-refractivity contribution is -0.222. The topological polar surface area (TPSA) is 300 Å². The molecule has 0 saturated carbocycles. The SMILES string of the molecule is C/C=C/C[C@@H](C)[C@@H](O)[C@H]1C(=O)N[C@@H](CC)C(=O)N(C)CC(=O)N(C)[C@@H](CC(C)C)C(=O)N[C@@H](C(C)C)C(=O)N(C)[C@@H](CC(C)C)C(=O)N[C@@H](C)C(=O)N[C@H](C)C(=O)N(C)[C@@H](CC(C)C)C(=O)N(C)[C@@H](CC(C)C)C(=O)N(C)[C@](OC(C)NCCCCC)(C(C)C)C(=O)N1C. The lowest BCUT2D eigenvalue weighted by atomic mass is 9.89. The fourth-order valence-electron chi connectivity index (χ4n) is 11.9. The van der Waals surface area contributed by atoms with Crippen LogP contribution in [0.2, 0.25) is 0 Å². The highest BCUT2D eigenvalue weighted by Gasteiger charge is 2.56. The molecule has 25 heteroatoms. The number of aliphatic hydroxyl groups is 1. The van der Waals surface area contributed by atoms with E-state index in [9.17, 15) is 38.7 Å². The van der Waals surface area contributed by atoms with Crippen LogP contribution in [0.15, 0.2) is 12.2 Å². The van der Waals surface area contributed by atoms with Crippen molar-refractivity contribution in [1.82, 2.24) is 60.9 Å². The summed E-state index contributed by atoms with van der Waals surface area (Å²) < 4.78 is 6.92. The minimum absolute atomic E-state index is 0.0132. The van der Waals surface area contributed by atoms with E-state index in [1.165, 1.54) is 82.8 Å². The van der Waals surface area contributed by atoms with Gasteiger partial charge in [-0.15, -0.1) is 0 Å². The van der Waals surface area contributed by atoms with E-state index in [2.05, 4.69) is 33.5 Å². The normalized spacial score (nSPS) is 26.6. The molecule has 0 radical (unpaired) electrons. The van der Waals surface area contributed by atoms with Gasteiger partial charge in [0.25, 0.3) is 5.91 Å². The standard InChI is InChI=1S/C69H126N12O13/c1-27-30-32-34-70-49(19)94-69(45(14)15)68(93)80(25)57(58(83)46(16)33-31-28-2)62(87)73-50(29-3)64(89)75(20)39-55(82)76(21)51(35-40(4)5)61(86)74-56(44(12)13)67(92)77(22)52(36-41(6)7)60(85)71-47(17)59(84)72-48(18)63(88)78(23)53(37-42(8)9)65(90)79(24)54(38-43(10)11)66(91)81(69)26/h28,31,40-54,56-58,70,83H,27,29-30,32-39H2,1-26H3,(H,71,85)(H,72,84)(H,73,87)(H,74,86)/b31-28+/t46-,47+,48-,49?,50+,51+,52+,53+,54+,56+,57+,58-,69+/m1/s1. The minimum atomic E-state index is -2.29. The van der Waals surface area contributed by atoms with E-state index in [1.807, 2.05) is 55.4 Å². The molecule has 6 N–H and O–H groups in total. The molecule has 1 saturated heterocycles. The third-order valence-corrected chi connectivity index (χ3v) is 17.9. The molecular formula is C69H126N12O13. The van der Waals surface area contributed by atoms with E-state index < -0.39 is 162 Å². The second kappa shape index (κ2) is 39.7. The van der Waals surface area contributed by atoms with Crippen molar-refractivity contribution in [3.05, 3.63) is 12.2 Å². The van der Waals surface area contributed by atoms with E-state index in [0.717, 1.165) is 34.0 Å². The highest BCUT2D eigenvalue weighted by molar-refractivity contribution is 6.00. The summed E-state index contributed by atoms with van der Waals surface area (Å²) in [6, 6.07) is -11.6. The Morgan fingerprint density at radius 3 is 1.50 bits per heavy atom. The van der Waals surface area contributed by atoms with Crippen LogP contribution in [0.25, 0.3) is 0 Å². The van der Waals surface area contributed by atoms with Gasteiger partial charge in [0.05, 0.1) is 12.6 Å². The van der Waals surface area contributed by atoms with Crippen molar-refractivity contribution in [3.8, 4) is 0 Å². The number of nitrogens with zero attached hydrogens (tertiary/aromatic N) is 7. The van der Waals surface area contributed by atoms with Crippen LogP contribution in [0.3, 0.4) is 0 Å². The van der Waals surface area contributed by atoms with E-state index in [0.29, 0.717) is 6.54 Å². The van der Waals surface area contributed by atoms with Crippen LogP contribution in [0.4, 0.5) is 0 Å². The molecule has 0 spiro atoms. The molecular weight excluding hydrogens is 1200 g/mol. The first-order valence-electron chi connectivity index (χ1n) is 34.3. The quantitative estimate of drug-likeness (QED) is 0.0485. The summed E-state index contributed by atoms with van der Waals surface area (Å²) in [6.07, 6.45) is 4.37. The molecule has 11 amide bonds. The van der Waals surface area contributed by atoms with Crippen molar-refractivity contribution in [2.45, 2.75) is 262 Å². The molecule has 0 aromatic rings. The van der Waals surface area contributed by atoms with Gasteiger partial charge in [0.15, 0.2) is 0 Å². The predicted molar refractivity (Wildman–Crippen MR) is 365 cm³/mol. The third-order valence-electron chi connectivity index (χ3n) is 17.9. The number of nitrogens with one attached hydrogen (secondary N) is 5. The van der Waals surface area contributed by atoms with Gasteiger partial charge in [0.1, 0.15) is 60.6 Å². The molecule has 13 atom stereocenters. The van der Waals surface area contributed by atoms with E-state index in [1.54, 1.807) is 67.5 Å². The van der Waals surface area contributed by atoms with Crippen molar-refractivity contribution < 1.29 is 62.6 Å². The summed E-state index contributed by atoms with van der Waals surface area (Å²) in [7, 11) is 9.84. The zero-order valence-corrected chi connectivity index (χ0v) is 62.3. The molecule has 1 unspecified atom stereocenters. The van der Waals surface area contributed by atoms with Crippen molar-refractivity contribution in [2.24, 2.45) is 41.4 Å². The van der Waals surface area contributed by atoms with Crippen LogP contribution in [-0.4, -0.2) is 239 Å². The maximum absolute atomic E-state index is 16.2. The Bertz CT molecular complexity index is 2550. The van der Waals surface area contributed by atoms with Crippen molar-refractivity contribution in [2.75, 3.05) is 62.4 Å². The molecule has 1 aliphatic rings. The van der Waals surface area contributed by atoms with Crippen LogP contribution in [0.1, 0.15) is 189 Å². The maximum Gasteiger partial charge on any atom is 0.277 e. The van der Waals surface area contributed by atoms with Gasteiger partial charge < -0.3 is 65.4 Å². The molecule has 0 bridgehead atoms. The van der Waals surface area contributed by atoms with Gasteiger partial charge in [-0.2, -0.15) is 0 Å². The number of unbranched alkanes of at least 4 members (excludes halogenated alkanes) is 2. The molecule has 0 aromatic carbocycles. The molecule has 94 heavy (non-hydrogen) atoms. The summed E-state index contributed by atoms with van der Waals surface area (Å²) in [5, 5.41) is 26.9. The fourth-order valence-corrected chi connectivity index (χ4v) is 11.9. The number of aliphatic hydroxyl groups excluding tert-OH is 1. The second-order valence-corrected chi connectivity index (χ2v) is 28.6. The Hall–Kier alpha value is -6.21. The van der Waals surface area contributed by atoms with Gasteiger partial charge in [-0.3, -0.25) is 58.1 Å². The van der Waals surface area contributed by atoms with E-state index >= 15 is 19.2 Å². The molecule has 1 fully saturated rings. The lowest BCUT2D eigenvalue weighted by Gasteiger charge is -2.49. The number of ether oxygens (including phenoxy) is 1. The first kappa shape index (κ1) is 85.8. The zero-order chi connectivity index (χ0) is 72.7. The van der Waals surface area contributed by atoms with Gasteiger partial charge in [-0.1, -0.05) is 129 Å². The minimum Gasteiger partial charge on any atom is -0.390 e. The summed E-state index contributed by atoms with van der Waals surface area (Å²) in [4.78, 5) is 172. The van der Waals surface area contributed by atoms with Crippen LogP contribution in [-0.2, 0) is 57.5 Å². The summed E-state index contributed by atoms with van der Waals surface area (Å²) >= 11 is 0. The average Bonchev–Trinajstić information content (AvgIpc) is 0.754. The Kier molecular flexibility index (Phi) is 36.3. The number of rotatable bonds is 22. The Morgan fingerprint density at radius 2 is 1.02 bits per heavy atom. The number of allylic oxidation sites excluding steroid dienone is 2. The van der Waals surface area contributed by atoms with Crippen molar-refractivity contribution in [3.63, 3.8) is 0 Å². The first-order valence-corrected chi connectivity index (χ1v) is 34.3. The van der Waals surface area contributed by atoms with E-state index in [4.69, 9.17) is 4.74 Å². The number of likely N-dealkylation sites (N-methyl/N-ethyl adjacent to an activating group) is 7. The van der Waals surface area contributed by atoms with Crippen LogP contribution >= 0.6 is 0 Å². The van der Waals surface area contributed by atoms with Gasteiger partial charge in [0.2, 0.25) is 64.8 Å². The maximum atomic E-state index is 16.2. The molecule has 25 nitrogen and oxygen atoms in total. The number of carbonyl (C=O) groups excluding carboxylic acids is 11. The molecule has 1 rings (SSSR count). The third kappa shape index (κ3) is 23.9. The summed E-state index contributed by atoms with van der Waals surface area (Å²) in [6.45, 7) is 33.4. The summed E-state index contributed by atoms with van der Waals surface area (Å²) in [5.74, 6) is -10.8.